The summed E-state index contributed by atoms with van der Waals surface area (Å²) in [4.78, 5) is 16.5. The molecule has 138 valence electrons. The van der Waals surface area contributed by atoms with E-state index in [1.165, 1.54) is 18.7 Å². The molecule has 1 amide bonds. The number of halogens is 2. The lowest BCUT2D eigenvalue weighted by molar-refractivity contribution is 0.102. The van der Waals surface area contributed by atoms with Crippen LogP contribution >= 0.6 is 15.9 Å². The van der Waals surface area contributed by atoms with E-state index in [0.717, 1.165) is 0 Å². The van der Waals surface area contributed by atoms with E-state index in [0.29, 0.717) is 33.4 Å². The summed E-state index contributed by atoms with van der Waals surface area (Å²) >= 11 is 3.35. The number of hydrogen-bond acceptors (Lipinski definition) is 5. The highest BCUT2D eigenvalue weighted by molar-refractivity contribution is 9.10. The van der Waals surface area contributed by atoms with Crippen molar-refractivity contribution in [3.05, 3.63) is 75.7 Å². The zero-order chi connectivity index (χ0) is 19.6. The second-order valence-electron chi connectivity index (χ2n) is 5.73. The molecule has 0 saturated carbocycles. The Hall–Kier alpha value is -3.00. The number of carbonyl (C=O) groups is 1. The normalized spacial score (nSPS) is 10.6. The van der Waals surface area contributed by atoms with Crippen LogP contribution in [0.15, 0.2) is 51.8 Å². The Kier molecular flexibility index (Phi) is 5.36. The first-order chi connectivity index (χ1) is 12.9. The maximum atomic E-state index is 14.3. The van der Waals surface area contributed by atoms with Crippen LogP contribution in [0.5, 0.6) is 0 Å². The van der Waals surface area contributed by atoms with E-state index in [-0.39, 0.29) is 17.0 Å². The topological polar surface area (TPSA) is 105 Å². The third-order valence-electron chi connectivity index (χ3n) is 4.04. The molecule has 0 spiro atoms. The standard InChI is InChI=1S/C19H16BrFN4O2/c1-2-11-13(20)4-5-14(21)17(11)19(26)25-10-3-6-15(22)12(7-10)18(23)16-8-24-9-27-16/h3-9,23H,2,22H2,1H3,(H,25,26). The minimum atomic E-state index is -0.599. The Balaban J connectivity index is 1.93. The smallest absolute Gasteiger partial charge is 0.258 e. The predicted molar refractivity (Wildman–Crippen MR) is 105 cm³/mol. The third kappa shape index (κ3) is 3.75. The molecular weight excluding hydrogens is 415 g/mol. The number of anilines is 2. The number of carbonyl (C=O) groups excluding carboxylic acids is 1. The molecule has 0 aliphatic carbocycles. The van der Waals surface area contributed by atoms with Gasteiger partial charge in [-0.1, -0.05) is 22.9 Å². The van der Waals surface area contributed by atoms with Gasteiger partial charge in [-0.25, -0.2) is 9.37 Å². The predicted octanol–water partition coefficient (Wildman–Crippen LogP) is 4.39. The van der Waals surface area contributed by atoms with Gasteiger partial charge in [0, 0.05) is 21.4 Å². The summed E-state index contributed by atoms with van der Waals surface area (Å²) in [6.07, 6.45) is 3.11. The monoisotopic (exact) mass is 430 g/mol. The van der Waals surface area contributed by atoms with Gasteiger partial charge in [-0.05, 0) is 42.3 Å². The summed E-state index contributed by atoms with van der Waals surface area (Å²) in [7, 11) is 0. The number of rotatable bonds is 5. The van der Waals surface area contributed by atoms with E-state index >= 15 is 0 Å². The highest BCUT2D eigenvalue weighted by Crippen LogP contribution is 2.26. The summed E-state index contributed by atoms with van der Waals surface area (Å²) < 4.78 is 20.1. The summed E-state index contributed by atoms with van der Waals surface area (Å²) in [6, 6.07) is 7.51. The van der Waals surface area contributed by atoms with Gasteiger partial charge in [0.2, 0.25) is 0 Å². The molecule has 8 heteroatoms. The maximum Gasteiger partial charge on any atom is 0.258 e. The Morgan fingerprint density at radius 1 is 1.37 bits per heavy atom. The van der Waals surface area contributed by atoms with Gasteiger partial charge < -0.3 is 15.5 Å². The highest BCUT2D eigenvalue weighted by Gasteiger charge is 2.19. The minimum absolute atomic E-state index is 0.0180. The van der Waals surface area contributed by atoms with Crippen molar-refractivity contribution in [2.24, 2.45) is 0 Å². The summed E-state index contributed by atoms with van der Waals surface area (Å²) in [5.74, 6) is -0.929. The molecule has 1 aromatic heterocycles. The number of nitrogens with one attached hydrogen (secondary N) is 2. The second-order valence-corrected chi connectivity index (χ2v) is 6.59. The van der Waals surface area contributed by atoms with E-state index in [4.69, 9.17) is 15.6 Å². The van der Waals surface area contributed by atoms with Crippen molar-refractivity contribution in [2.75, 3.05) is 11.1 Å². The van der Waals surface area contributed by atoms with Crippen LogP contribution in [0.3, 0.4) is 0 Å². The fraction of sp³-hybridized carbons (Fsp3) is 0.105. The number of amides is 1. The molecular formula is C19H16BrFN4O2. The third-order valence-corrected chi connectivity index (χ3v) is 4.79. The average molecular weight is 431 g/mol. The van der Waals surface area contributed by atoms with Crippen molar-refractivity contribution < 1.29 is 13.6 Å². The molecule has 1 heterocycles. The van der Waals surface area contributed by atoms with Crippen LogP contribution in [0.25, 0.3) is 0 Å². The van der Waals surface area contributed by atoms with Crippen LogP contribution in [0.1, 0.15) is 34.2 Å². The molecule has 4 N–H and O–H groups in total. The lowest BCUT2D eigenvalue weighted by Gasteiger charge is -2.13. The molecule has 0 unspecified atom stereocenters. The van der Waals surface area contributed by atoms with Gasteiger partial charge in [-0.2, -0.15) is 0 Å². The van der Waals surface area contributed by atoms with Crippen LogP contribution in [0, 0.1) is 11.2 Å². The number of hydrogen-bond donors (Lipinski definition) is 3. The maximum absolute atomic E-state index is 14.3. The van der Waals surface area contributed by atoms with Gasteiger partial charge in [0.25, 0.3) is 5.91 Å². The molecule has 0 fully saturated rings. The molecule has 0 bridgehead atoms. The molecule has 6 nitrogen and oxygen atoms in total. The zero-order valence-electron chi connectivity index (χ0n) is 14.3. The van der Waals surface area contributed by atoms with Crippen molar-refractivity contribution in [1.82, 2.24) is 4.98 Å². The van der Waals surface area contributed by atoms with Crippen LogP contribution in [0.2, 0.25) is 0 Å². The summed E-state index contributed by atoms with van der Waals surface area (Å²) in [5.41, 5.74) is 7.64. The Labute approximate surface area is 163 Å². The van der Waals surface area contributed by atoms with E-state index in [1.54, 1.807) is 24.3 Å². The fourth-order valence-corrected chi connectivity index (χ4v) is 3.31. The number of benzene rings is 2. The largest absolute Gasteiger partial charge is 0.442 e. The van der Waals surface area contributed by atoms with E-state index in [9.17, 15) is 9.18 Å². The Bertz CT molecular complexity index is 1020. The highest BCUT2D eigenvalue weighted by atomic mass is 79.9. The van der Waals surface area contributed by atoms with Gasteiger partial charge in [0.1, 0.15) is 11.5 Å². The molecule has 3 rings (SSSR count). The summed E-state index contributed by atoms with van der Waals surface area (Å²) in [5, 5.41) is 10.9. The van der Waals surface area contributed by atoms with Crippen LogP contribution < -0.4 is 11.1 Å². The van der Waals surface area contributed by atoms with Crippen molar-refractivity contribution in [3.8, 4) is 0 Å². The number of nitrogens with two attached hydrogens (primary N) is 1. The molecule has 0 aliphatic heterocycles. The lowest BCUT2D eigenvalue weighted by atomic mass is 10.0. The van der Waals surface area contributed by atoms with Crippen LogP contribution in [0.4, 0.5) is 15.8 Å². The van der Waals surface area contributed by atoms with Gasteiger partial charge in [0.15, 0.2) is 12.2 Å². The summed E-state index contributed by atoms with van der Waals surface area (Å²) in [6.45, 7) is 1.84. The van der Waals surface area contributed by atoms with Crippen molar-refractivity contribution in [2.45, 2.75) is 13.3 Å². The van der Waals surface area contributed by atoms with Crippen molar-refractivity contribution >= 4 is 38.9 Å². The number of oxazole rings is 1. The molecule has 27 heavy (non-hydrogen) atoms. The van der Waals surface area contributed by atoms with Crippen molar-refractivity contribution in [1.29, 1.82) is 5.41 Å². The van der Waals surface area contributed by atoms with Crippen molar-refractivity contribution in [3.63, 3.8) is 0 Å². The van der Waals surface area contributed by atoms with Gasteiger partial charge in [-0.15, -0.1) is 0 Å². The van der Waals surface area contributed by atoms with Gasteiger partial charge in [0.05, 0.1) is 11.8 Å². The minimum Gasteiger partial charge on any atom is -0.442 e. The average Bonchev–Trinajstić information content (AvgIpc) is 3.19. The quantitative estimate of drug-likeness (QED) is 0.412. The molecule has 0 atom stereocenters. The molecule has 2 aromatic carbocycles. The van der Waals surface area contributed by atoms with Crippen LogP contribution in [-0.2, 0) is 6.42 Å². The first-order valence-electron chi connectivity index (χ1n) is 8.08. The molecule has 0 radical (unpaired) electrons. The molecule has 3 aromatic rings. The SMILES string of the molecule is CCc1c(Br)ccc(F)c1C(=O)Nc1ccc(N)c(C(=N)c2cnco2)c1. The number of aromatic nitrogens is 1. The molecule has 0 aliphatic rings. The van der Waals surface area contributed by atoms with Crippen LogP contribution in [-0.4, -0.2) is 16.6 Å². The fourth-order valence-electron chi connectivity index (χ4n) is 2.70. The molecule has 0 saturated heterocycles. The van der Waals surface area contributed by atoms with E-state index in [1.807, 2.05) is 6.92 Å². The Morgan fingerprint density at radius 3 is 2.81 bits per heavy atom. The zero-order valence-corrected chi connectivity index (χ0v) is 15.9. The second kappa shape index (κ2) is 7.71. The van der Waals surface area contributed by atoms with E-state index < -0.39 is 11.7 Å². The van der Waals surface area contributed by atoms with Gasteiger partial charge >= 0.3 is 0 Å². The van der Waals surface area contributed by atoms with Gasteiger partial charge in [-0.3, -0.25) is 10.2 Å². The number of nitrogen functional groups attached to an aromatic ring is 1. The first-order valence-corrected chi connectivity index (χ1v) is 8.87. The van der Waals surface area contributed by atoms with E-state index in [2.05, 4.69) is 26.2 Å². The first kappa shape index (κ1) is 18.8. The Morgan fingerprint density at radius 2 is 2.15 bits per heavy atom. The number of nitrogens with zero attached hydrogens (tertiary/aromatic N) is 1. The lowest BCUT2D eigenvalue weighted by Crippen LogP contribution is -2.17.